The molecule has 1 aromatic rings. The molecule has 1 rings (SSSR count). The Morgan fingerprint density at radius 2 is 1.94 bits per heavy atom. The van der Waals surface area contributed by atoms with Gasteiger partial charge in [0.2, 0.25) is 5.91 Å². The first-order valence-electron chi connectivity index (χ1n) is 6.19. The molecule has 0 saturated heterocycles. The number of nitrogens with one attached hydrogen (secondary N) is 1. The molecule has 1 atom stereocenters. The highest BCUT2D eigenvalue weighted by Crippen LogP contribution is 2.11. The highest BCUT2D eigenvalue weighted by atomic mass is 16.3. The topological polar surface area (TPSA) is 52.6 Å². The quantitative estimate of drug-likeness (QED) is 0.802. The summed E-state index contributed by atoms with van der Waals surface area (Å²) in [7, 11) is 3.75. The van der Waals surface area contributed by atoms with Crippen molar-refractivity contribution in [3.63, 3.8) is 0 Å². The summed E-state index contributed by atoms with van der Waals surface area (Å²) in [5.41, 5.74) is 1.17. The standard InChI is InChI=1S/C14H22N2O2/c1-11(15-14(18)10-16(2)3)4-5-12-6-8-13(17)9-7-12/h6-9,11,17H,4-5,10H2,1-3H3,(H,15,18)/t11-/m1/s1. The molecule has 0 heterocycles. The zero-order valence-corrected chi connectivity index (χ0v) is 11.3. The van der Waals surface area contributed by atoms with Crippen molar-refractivity contribution in [1.82, 2.24) is 10.2 Å². The van der Waals surface area contributed by atoms with Crippen LogP contribution in [0.1, 0.15) is 18.9 Å². The van der Waals surface area contributed by atoms with Crippen LogP contribution in [0.2, 0.25) is 0 Å². The second-order valence-corrected chi connectivity index (χ2v) is 4.91. The van der Waals surface area contributed by atoms with Crippen molar-refractivity contribution in [2.24, 2.45) is 0 Å². The van der Waals surface area contributed by atoms with Crippen LogP contribution < -0.4 is 5.32 Å². The number of hydrogen-bond acceptors (Lipinski definition) is 3. The minimum atomic E-state index is 0.0539. The Kier molecular flexibility index (Phi) is 5.65. The first-order valence-corrected chi connectivity index (χ1v) is 6.19. The van der Waals surface area contributed by atoms with Crippen LogP contribution in [0.5, 0.6) is 5.75 Å². The van der Waals surface area contributed by atoms with Gasteiger partial charge in [0, 0.05) is 6.04 Å². The zero-order valence-electron chi connectivity index (χ0n) is 11.3. The van der Waals surface area contributed by atoms with Gasteiger partial charge in [0.25, 0.3) is 0 Å². The van der Waals surface area contributed by atoms with Crippen molar-refractivity contribution < 1.29 is 9.90 Å². The van der Waals surface area contributed by atoms with Crippen LogP contribution in [0.15, 0.2) is 24.3 Å². The van der Waals surface area contributed by atoms with E-state index in [0.717, 1.165) is 12.8 Å². The lowest BCUT2D eigenvalue weighted by Crippen LogP contribution is -2.38. The van der Waals surface area contributed by atoms with E-state index in [-0.39, 0.29) is 17.7 Å². The van der Waals surface area contributed by atoms with E-state index >= 15 is 0 Å². The number of carbonyl (C=O) groups is 1. The van der Waals surface area contributed by atoms with Crippen LogP contribution in [0.3, 0.4) is 0 Å². The first kappa shape index (κ1) is 14.5. The SMILES string of the molecule is C[C@H](CCc1ccc(O)cc1)NC(=O)CN(C)C. The van der Waals surface area contributed by atoms with Crippen molar-refractivity contribution in [2.75, 3.05) is 20.6 Å². The Morgan fingerprint density at radius 1 is 1.33 bits per heavy atom. The molecule has 0 saturated carbocycles. The summed E-state index contributed by atoms with van der Waals surface area (Å²) in [6.07, 6.45) is 1.79. The monoisotopic (exact) mass is 250 g/mol. The van der Waals surface area contributed by atoms with Crippen molar-refractivity contribution >= 4 is 5.91 Å². The molecule has 0 spiro atoms. The largest absolute Gasteiger partial charge is 0.508 e. The molecule has 100 valence electrons. The Labute approximate surface area is 109 Å². The number of aryl methyl sites for hydroxylation is 1. The number of phenolic OH excluding ortho intramolecular Hbond substituents is 1. The molecule has 0 radical (unpaired) electrons. The molecule has 0 unspecified atom stereocenters. The van der Waals surface area contributed by atoms with Crippen molar-refractivity contribution in [2.45, 2.75) is 25.8 Å². The van der Waals surface area contributed by atoms with Gasteiger partial charge >= 0.3 is 0 Å². The maximum Gasteiger partial charge on any atom is 0.234 e. The summed E-state index contributed by atoms with van der Waals surface area (Å²) in [6, 6.07) is 7.34. The smallest absolute Gasteiger partial charge is 0.234 e. The molecule has 0 aromatic heterocycles. The molecule has 0 fully saturated rings. The van der Waals surface area contributed by atoms with Gasteiger partial charge in [0.1, 0.15) is 5.75 Å². The lowest BCUT2D eigenvalue weighted by molar-refractivity contribution is -0.122. The number of hydrogen-bond donors (Lipinski definition) is 2. The maximum absolute atomic E-state index is 11.5. The predicted octanol–water partition coefficient (Wildman–Crippen LogP) is 1.39. The third-order valence-electron chi connectivity index (χ3n) is 2.67. The van der Waals surface area contributed by atoms with Gasteiger partial charge in [-0.2, -0.15) is 0 Å². The van der Waals surface area contributed by atoms with E-state index < -0.39 is 0 Å². The summed E-state index contributed by atoms with van der Waals surface area (Å²) < 4.78 is 0. The van der Waals surface area contributed by atoms with E-state index in [4.69, 9.17) is 0 Å². The second kappa shape index (κ2) is 7.01. The fraction of sp³-hybridized carbons (Fsp3) is 0.500. The van der Waals surface area contributed by atoms with Gasteiger partial charge in [-0.15, -0.1) is 0 Å². The fourth-order valence-corrected chi connectivity index (χ4v) is 1.73. The van der Waals surface area contributed by atoms with Crippen molar-refractivity contribution in [3.05, 3.63) is 29.8 Å². The average molecular weight is 250 g/mol. The highest BCUT2D eigenvalue weighted by molar-refractivity contribution is 5.78. The summed E-state index contributed by atoms with van der Waals surface area (Å²) in [6.45, 7) is 2.43. The minimum Gasteiger partial charge on any atom is -0.508 e. The van der Waals surface area contributed by atoms with Crippen LogP contribution in [0.4, 0.5) is 0 Å². The lowest BCUT2D eigenvalue weighted by Gasteiger charge is -2.16. The Bertz CT molecular complexity index is 374. The van der Waals surface area contributed by atoms with Crippen LogP contribution in [-0.2, 0) is 11.2 Å². The number of phenols is 1. The van der Waals surface area contributed by atoms with E-state index in [0.29, 0.717) is 6.54 Å². The molecular weight excluding hydrogens is 228 g/mol. The second-order valence-electron chi connectivity index (χ2n) is 4.91. The van der Waals surface area contributed by atoms with E-state index in [1.165, 1.54) is 5.56 Å². The number of benzene rings is 1. The predicted molar refractivity (Wildman–Crippen MR) is 72.6 cm³/mol. The number of carbonyl (C=O) groups excluding carboxylic acids is 1. The summed E-state index contributed by atoms with van der Waals surface area (Å²) in [5, 5.41) is 12.1. The number of nitrogens with zero attached hydrogens (tertiary/aromatic N) is 1. The molecule has 0 bridgehead atoms. The molecule has 0 aliphatic rings. The molecule has 4 heteroatoms. The van der Waals surface area contributed by atoms with Crippen LogP contribution in [-0.4, -0.2) is 42.6 Å². The summed E-state index contributed by atoms with van der Waals surface area (Å²) in [5.74, 6) is 0.337. The van der Waals surface area contributed by atoms with E-state index in [9.17, 15) is 9.90 Å². The number of rotatable bonds is 6. The first-order chi connectivity index (χ1) is 8.47. The Hall–Kier alpha value is -1.55. The van der Waals surface area contributed by atoms with Gasteiger partial charge in [-0.25, -0.2) is 0 Å². The number of amides is 1. The molecule has 18 heavy (non-hydrogen) atoms. The Morgan fingerprint density at radius 3 is 2.50 bits per heavy atom. The van der Waals surface area contributed by atoms with Gasteiger partial charge in [-0.05, 0) is 51.6 Å². The summed E-state index contributed by atoms with van der Waals surface area (Å²) in [4.78, 5) is 13.4. The van der Waals surface area contributed by atoms with Crippen molar-refractivity contribution in [1.29, 1.82) is 0 Å². The van der Waals surface area contributed by atoms with Crippen LogP contribution in [0.25, 0.3) is 0 Å². The molecule has 2 N–H and O–H groups in total. The Balaban J connectivity index is 2.30. The molecular formula is C14H22N2O2. The number of aromatic hydroxyl groups is 1. The third-order valence-corrected chi connectivity index (χ3v) is 2.67. The molecule has 0 aliphatic carbocycles. The molecule has 1 aromatic carbocycles. The average Bonchev–Trinajstić information content (AvgIpc) is 2.27. The van der Waals surface area contributed by atoms with Crippen LogP contribution >= 0.6 is 0 Å². The fourth-order valence-electron chi connectivity index (χ4n) is 1.73. The van der Waals surface area contributed by atoms with E-state index in [2.05, 4.69) is 5.32 Å². The zero-order chi connectivity index (χ0) is 13.5. The highest BCUT2D eigenvalue weighted by Gasteiger charge is 2.08. The minimum absolute atomic E-state index is 0.0539. The maximum atomic E-state index is 11.5. The van der Waals surface area contributed by atoms with Crippen LogP contribution in [0, 0.1) is 0 Å². The van der Waals surface area contributed by atoms with Gasteiger partial charge in [0.05, 0.1) is 6.54 Å². The van der Waals surface area contributed by atoms with E-state index in [1.54, 1.807) is 12.1 Å². The molecule has 1 amide bonds. The van der Waals surface area contributed by atoms with E-state index in [1.807, 2.05) is 38.1 Å². The summed E-state index contributed by atoms with van der Waals surface area (Å²) >= 11 is 0. The van der Waals surface area contributed by atoms with Gasteiger partial charge in [-0.1, -0.05) is 12.1 Å². The molecule has 0 aliphatic heterocycles. The van der Waals surface area contributed by atoms with Gasteiger partial charge in [-0.3, -0.25) is 4.79 Å². The number of likely N-dealkylation sites (N-methyl/N-ethyl adjacent to an activating group) is 1. The molecule has 4 nitrogen and oxygen atoms in total. The van der Waals surface area contributed by atoms with Crippen molar-refractivity contribution in [3.8, 4) is 5.75 Å². The van der Waals surface area contributed by atoms with Gasteiger partial charge in [0.15, 0.2) is 0 Å². The lowest BCUT2D eigenvalue weighted by atomic mass is 10.1. The normalized spacial score (nSPS) is 12.4. The third kappa shape index (κ3) is 5.68. The van der Waals surface area contributed by atoms with Gasteiger partial charge < -0.3 is 15.3 Å².